The van der Waals surface area contributed by atoms with Gasteiger partial charge in [0.15, 0.2) is 0 Å². The molecule has 97 heavy (non-hydrogen) atoms. The first kappa shape index (κ1) is 54.7. The second-order valence-corrected chi connectivity index (χ2v) is 25.5. The Morgan fingerprint density at radius 1 is 0.227 bits per heavy atom. The summed E-state index contributed by atoms with van der Waals surface area (Å²) in [5, 5.41) is 7.23. The predicted molar refractivity (Wildman–Crippen MR) is 409 cm³/mol. The Bertz CT molecular complexity index is 6020. The maximum atomic E-state index is 2.61. The molecule has 20 rings (SSSR count). The van der Waals surface area contributed by atoms with Gasteiger partial charge in [-0.2, -0.15) is 0 Å². The number of fused-ring (bicyclic) bond motifs is 16. The highest BCUT2D eigenvalue weighted by Crippen LogP contribution is 2.53. The van der Waals surface area contributed by atoms with Gasteiger partial charge < -0.3 is 28.4 Å². The Morgan fingerprint density at radius 3 is 1.07 bits per heavy atom. The molecule has 0 radical (unpaired) electrons. The first-order valence-electron chi connectivity index (χ1n) is 33.4. The van der Waals surface area contributed by atoms with Gasteiger partial charge in [0.1, 0.15) is 0 Å². The summed E-state index contributed by atoms with van der Waals surface area (Å²) >= 11 is 0. The van der Waals surface area contributed by atoms with Crippen LogP contribution in [-0.4, -0.2) is 20.4 Å². The lowest BCUT2D eigenvalue weighted by Gasteiger charge is -2.45. The molecule has 0 atom stereocenters. The molecule has 0 saturated carbocycles. The largest absolute Gasteiger partial charge is 0.311 e. The third-order valence-corrected chi connectivity index (χ3v) is 20.3. The fourth-order valence-electron chi connectivity index (χ4n) is 16.3. The molecule has 3 aromatic heterocycles. The third kappa shape index (κ3) is 8.35. The molecule has 0 N–H and O–H groups in total. The van der Waals surface area contributed by atoms with Gasteiger partial charge in [-0.1, -0.05) is 237 Å². The summed E-state index contributed by atoms with van der Waals surface area (Å²) in [6.45, 7) is -0.187. The van der Waals surface area contributed by atoms with Crippen molar-refractivity contribution in [3.63, 3.8) is 0 Å². The fraction of sp³-hybridized carbons (Fsp3) is 0. The number of anilines is 9. The molecule has 452 valence electrons. The van der Waals surface area contributed by atoms with E-state index in [1.807, 2.05) is 0 Å². The van der Waals surface area contributed by atoms with Gasteiger partial charge in [-0.15, -0.1) is 0 Å². The molecule has 15 aromatic carbocycles. The Labute approximate surface area is 561 Å². The monoisotopic (exact) mass is 1230 g/mol. The van der Waals surface area contributed by atoms with Gasteiger partial charge in [0.25, 0.3) is 6.71 Å². The lowest BCUT2D eigenvalue weighted by molar-refractivity contribution is 1.17. The Hall–Kier alpha value is -12.8. The van der Waals surface area contributed by atoms with Gasteiger partial charge in [-0.05, 0) is 160 Å². The standard InChI is InChI=1S/C90H59BN6/c1-8-29-60(30-9-1)62-33-28-44-69(55-62)94-80-56-63(61-31-10-2-11-32-61)51-53-75(80)91-76-54-52-70(57-81(76)93(66-38-16-5-17-39-66)82-58-71(59-83(94)87(82)91)92(64-34-12-3-13-35-64)65-36-14-4-15-37-65)97-79-50-27-24-47-74(79)86-89-84(72-45-22-25-48-77(72)95(89)67-40-18-6-19-41-67)88-85(90(86)97)73-46-23-26-49-78(73)96(88)68-42-20-7-21-43-68/h1-59H. The van der Waals surface area contributed by atoms with Crippen LogP contribution < -0.4 is 31.1 Å². The van der Waals surface area contributed by atoms with Gasteiger partial charge in [-0.3, -0.25) is 0 Å². The minimum atomic E-state index is -0.187. The van der Waals surface area contributed by atoms with Crippen molar-refractivity contribution in [1.82, 2.24) is 13.7 Å². The van der Waals surface area contributed by atoms with Gasteiger partial charge in [0.05, 0.1) is 38.8 Å². The van der Waals surface area contributed by atoms with E-state index in [0.717, 1.165) is 101 Å². The van der Waals surface area contributed by atoms with Crippen molar-refractivity contribution in [2.75, 3.05) is 14.7 Å². The van der Waals surface area contributed by atoms with Crippen molar-refractivity contribution in [3.05, 3.63) is 358 Å². The number of aromatic nitrogens is 3. The second-order valence-electron chi connectivity index (χ2n) is 25.5. The summed E-state index contributed by atoms with van der Waals surface area (Å²) in [5.74, 6) is 0. The maximum Gasteiger partial charge on any atom is 0.252 e. The molecular weight excluding hydrogens is 1180 g/mol. The summed E-state index contributed by atoms with van der Waals surface area (Å²) in [5.41, 5.74) is 28.4. The van der Waals surface area contributed by atoms with E-state index in [-0.39, 0.29) is 6.71 Å². The van der Waals surface area contributed by atoms with E-state index in [1.165, 1.54) is 70.9 Å². The van der Waals surface area contributed by atoms with Crippen LogP contribution in [0, 0.1) is 0 Å². The molecule has 0 aliphatic carbocycles. The first-order chi connectivity index (χ1) is 48.2. The van der Waals surface area contributed by atoms with Crippen molar-refractivity contribution in [2.45, 2.75) is 0 Å². The maximum absolute atomic E-state index is 2.61. The molecule has 2 aliphatic rings. The summed E-state index contributed by atoms with van der Waals surface area (Å²) in [6.07, 6.45) is 0. The molecule has 0 amide bonds. The van der Waals surface area contributed by atoms with Gasteiger partial charge in [0.2, 0.25) is 0 Å². The van der Waals surface area contributed by atoms with Crippen LogP contribution >= 0.6 is 0 Å². The summed E-state index contributed by atoms with van der Waals surface area (Å²) in [4.78, 5) is 7.57. The van der Waals surface area contributed by atoms with Crippen molar-refractivity contribution in [3.8, 4) is 39.3 Å². The van der Waals surface area contributed by atoms with Crippen molar-refractivity contribution >= 4 is 140 Å². The van der Waals surface area contributed by atoms with Crippen LogP contribution in [0.15, 0.2) is 358 Å². The molecule has 5 heterocycles. The lowest BCUT2D eigenvalue weighted by atomic mass is 9.33. The van der Waals surface area contributed by atoms with E-state index in [9.17, 15) is 0 Å². The third-order valence-electron chi connectivity index (χ3n) is 20.3. The SMILES string of the molecule is c1ccc(-c2cccc(N3c4cc(-c5ccccc5)ccc4B4c5ccc(-n6c7ccccc7c7c8c(c9ccccc9n8-c8ccccc8)c8c(c9ccccc9n8-c8ccccc8)c76)cc5N(c5ccccc5)c5cc(N(c6ccccc6)c6ccccc6)cc3c54)c2)cc1. The first-order valence-corrected chi connectivity index (χ1v) is 33.4. The van der Waals surface area contributed by atoms with Crippen LogP contribution in [-0.2, 0) is 0 Å². The average molecular weight is 1240 g/mol. The minimum absolute atomic E-state index is 0.187. The number of rotatable bonds is 10. The molecule has 0 saturated heterocycles. The highest BCUT2D eigenvalue weighted by molar-refractivity contribution is 7.00. The Morgan fingerprint density at radius 2 is 0.588 bits per heavy atom. The Balaban J connectivity index is 0.930. The van der Waals surface area contributed by atoms with E-state index in [0.29, 0.717) is 0 Å². The molecule has 6 nitrogen and oxygen atoms in total. The Kier molecular flexibility index (Phi) is 12.3. The number of hydrogen-bond acceptors (Lipinski definition) is 3. The molecular formula is C90H59BN6. The second kappa shape index (κ2) is 21.9. The van der Waals surface area contributed by atoms with Crippen molar-refractivity contribution in [1.29, 1.82) is 0 Å². The van der Waals surface area contributed by atoms with Crippen LogP contribution in [0.2, 0.25) is 0 Å². The molecule has 18 aromatic rings. The highest BCUT2D eigenvalue weighted by Gasteiger charge is 2.45. The number of hydrogen-bond donors (Lipinski definition) is 0. The van der Waals surface area contributed by atoms with Crippen molar-refractivity contribution < 1.29 is 0 Å². The topological polar surface area (TPSA) is 24.5 Å². The number of para-hydroxylation sites is 8. The number of benzene rings is 15. The molecule has 0 bridgehead atoms. The van der Waals surface area contributed by atoms with E-state index < -0.39 is 0 Å². The average Bonchev–Trinajstić information content (AvgIpc) is 1.68. The van der Waals surface area contributed by atoms with Crippen LogP contribution in [0.25, 0.3) is 105 Å². The van der Waals surface area contributed by atoms with E-state index in [2.05, 4.69) is 386 Å². The predicted octanol–water partition coefficient (Wildman–Crippen LogP) is 21.9. The number of nitrogens with zero attached hydrogens (tertiary/aromatic N) is 6. The van der Waals surface area contributed by atoms with Gasteiger partial charge >= 0.3 is 0 Å². The molecule has 7 heteroatoms. The quantitative estimate of drug-likeness (QED) is 0.128. The van der Waals surface area contributed by atoms with E-state index in [4.69, 9.17) is 0 Å². The minimum Gasteiger partial charge on any atom is -0.311 e. The van der Waals surface area contributed by atoms with E-state index in [1.54, 1.807) is 0 Å². The van der Waals surface area contributed by atoms with Crippen LogP contribution in [0.4, 0.5) is 51.2 Å². The zero-order chi connectivity index (χ0) is 63.7. The zero-order valence-corrected chi connectivity index (χ0v) is 52.8. The van der Waals surface area contributed by atoms with Crippen LogP contribution in [0.1, 0.15) is 0 Å². The summed E-state index contributed by atoms with van der Waals surface area (Å²) in [6, 6.07) is 132. The van der Waals surface area contributed by atoms with Gasteiger partial charge in [0, 0.05) is 94.9 Å². The van der Waals surface area contributed by atoms with Crippen LogP contribution in [0.3, 0.4) is 0 Å². The van der Waals surface area contributed by atoms with Crippen molar-refractivity contribution in [2.24, 2.45) is 0 Å². The lowest BCUT2D eigenvalue weighted by Crippen LogP contribution is -2.61. The molecule has 2 aliphatic heterocycles. The summed E-state index contributed by atoms with van der Waals surface area (Å²) < 4.78 is 7.67. The molecule has 0 unspecified atom stereocenters. The zero-order valence-electron chi connectivity index (χ0n) is 52.8. The summed E-state index contributed by atoms with van der Waals surface area (Å²) in [7, 11) is 0. The van der Waals surface area contributed by atoms with E-state index >= 15 is 0 Å². The smallest absolute Gasteiger partial charge is 0.252 e. The highest BCUT2D eigenvalue weighted by atomic mass is 15.2. The fourth-order valence-corrected chi connectivity index (χ4v) is 16.3. The van der Waals surface area contributed by atoms with Gasteiger partial charge in [-0.25, -0.2) is 0 Å². The normalized spacial score (nSPS) is 12.5. The molecule has 0 fully saturated rings. The van der Waals surface area contributed by atoms with Crippen LogP contribution in [0.5, 0.6) is 0 Å². The molecule has 0 spiro atoms.